The summed E-state index contributed by atoms with van der Waals surface area (Å²) in [7, 11) is 1.67. The van der Waals surface area contributed by atoms with E-state index in [4.69, 9.17) is 15.2 Å². The fourth-order valence-corrected chi connectivity index (χ4v) is 2.96. The monoisotopic (exact) mass is 333 g/mol. The second-order valence-electron chi connectivity index (χ2n) is 6.35. The standard InChI is InChI=1S/C19H31N3O2/c1-23-18-11-9-16(10-12-18)15-24-14-6-13-21-19(20)22-17-7-4-2-3-5-8-17/h9-12,17H,2-8,13-15H2,1H3,(H3,20,21,22). The first kappa shape index (κ1) is 18.6. The Balaban J connectivity index is 1.56. The predicted octanol–water partition coefficient (Wildman–Crippen LogP) is 3.23. The van der Waals surface area contributed by atoms with E-state index in [1.807, 2.05) is 24.3 Å². The third-order valence-electron chi connectivity index (χ3n) is 4.36. The van der Waals surface area contributed by atoms with E-state index in [1.165, 1.54) is 38.5 Å². The SMILES string of the molecule is COc1ccc(COCCCN=C(N)NC2CCCCCC2)cc1. The maximum absolute atomic E-state index is 5.97. The van der Waals surface area contributed by atoms with Gasteiger partial charge in [-0.3, -0.25) is 4.99 Å². The molecule has 0 unspecified atom stereocenters. The number of nitrogens with zero attached hydrogens (tertiary/aromatic N) is 1. The molecule has 0 bridgehead atoms. The second-order valence-corrected chi connectivity index (χ2v) is 6.35. The van der Waals surface area contributed by atoms with Gasteiger partial charge >= 0.3 is 0 Å². The summed E-state index contributed by atoms with van der Waals surface area (Å²) in [6.45, 7) is 2.00. The van der Waals surface area contributed by atoms with E-state index in [1.54, 1.807) is 7.11 Å². The number of hydrogen-bond acceptors (Lipinski definition) is 3. The highest BCUT2D eigenvalue weighted by molar-refractivity contribution is 5.78. The summed E-state index contributed by atoms with van der Waals surface area (Å²) in [4.78, 5) is 4.40. The molecule has 0 amide bonds. The van der Waals surface area contributed by atoms with E-state index in [2.05, 4.69) is 10.3 Å². The van der Waals surface area contributed by atoms with Crippen LogP contribution in [0.4, 0.5) is 0 Å². The molecule has 0 saturated heterocycles. The molecule has 5 heteroatoms. The molecular formula is C19H31N3O2. The maximum Gasteiger partial charge on any atom is 0.188 e. The number of ether oxygens (including phenoxy) is 2. The van der Waals surface area contributed by atoms with Crippen LogP contribution in [0, 0.1) is 0 Å². The first-order valence-electron chi connectivity index (χ1n) is 9.05. The Kier molecular flexibility index (Phi) is 8.46. The van der Waals surface area contributed by atoms with Crippen molar-refractivity contribution in [3.63, 3.8) is 0 Å². The van der Waals surface area contributed by atoms with Gasteiger partial charge in [0.1, 0.15) is 5.75 Å². The number of nitrogens with one attached hydrogen (secondary N) is 1. The minimum atomic E-state index is 0.502. The normalized spacial score (nSPS) is 16.6. The van der Waals surface area contributed by atoms with E-state index in [-0.39, 0.29) is 0 Å². The van der Waals surface area contributed by atoms with Crippen LogP contribution in [0.2, 0.25) is 0 Å². The van der Waals surface area contributed by atoms with Gasteiger partial charge in [0.2, 0.25) is 0 Å². The van der Waals surface area contributed by atoms with Crippen LogP contribution >= 0.6 is 0 Å². The Morgan fingerprint density at radius 1 is 1.17 bits per heavy atom. The molecule has 3 N–H and O–H groups in total. The van der Waals surface area contributed by atoms with Crippen LogP contribution in [0.1, 0.15) is 50.5 Å². The van der Waals surface area contributed by atoms with Crippen molar-refractivity contribution in [3.05, 3.63) is 29.8 Å². The van der Waals surface area contributed by atoms with Crippen molar-refractivity contribution in [2.45, 2.75) is 57.6 Å². The third kappa shape index (κ3) is 7.21. The number of rotatable bonds is 8. The van der Waals surface area contributed by atoms with Crippen LogP contribution in [0.5, 0.6) is 5.75 Å². The molecule has 134 valence electrons. The Labute approximate surface area is 145 Å². The summed E-state index contributed by atoms with van der Waals surface area (Å²) in [6.07, 6.45) is 8.58. The molecule has 5 nitrogen and oxygen atoms in total. The molecule has 0 aromatic heterocycles. The average Bonchev–Trinajstić information content (AvgIpc) is 2.87. The number of benzene rings is 1. The van der Waals surface area contributed by atoms with E-state index in [9.17, 15) is 0 Å². The van der Waals surface area contributed by atoms with Crippen LogP contribution in [-0.2, 0) is 11.3 Å². The van der Waals surface area contributed by atoms with Gasteiger partial charge in [-0.05, 0) is 37.0 Å². The topological polar surface area (TPSA) is 68.9 Å². The molecular weight excluding hydrogens is 302 g/mol. The molecule has 24 heavy (non-hydrogen) atoms. The molecule has 2 rings (SSSR count). The number of guanidine groups is 1. The maximum atomic E-state index is 5.97. The zero-order valence-electron chi connectivity index (χ0n) is 14.8. The summed E-state index contributed by atoms with van der Waals surface area (Å²) in [5, 5.41) is 3.36. The van der Waals surface area contributed by atoms with Gasteiger partial charge in [0.15, 0.2) is 5.96 Å². The van der Waals surface area contributed by atoms with Crippen molar-refractivity contribution in [3.8, 4) is 5.75 Å². The third-order valence-corrected chi connectivity index (χ3v) is 4.36. The largest absolute Gasteiger partial charge is 0.497 e. The van der Waals surface area contributed by atoms with Crippen LogP contribution in [0.15, 0.2) is 29.3 Å². The van der Waals surface area contributed by atoms with E-state index in [0.29, 0.717) is 31.8 Å². The van der Waals surface area contributed by atoms with E-state index >= 15 is 0 Å². The van der Waals surface area contributed by atoms with Gasteiger partial charge in [0.25, 0.3) is 0 Å². The molecule has 0 atom stereocenters. The van der Waals surface area contributed by atoms with Gasteiger partial charge in [-0.2, -0.15) is 0 Å². The molecule has 0 spiro atoms. The lowest BCUT2D eigenvalue weighted by molar-refractivity contribution is 0.120. The minimum Gasteiger partial charge on any atom is -0.497 e. The van der Waals surface area contributed by atoms with Gasteiger partial charge in [-0.15, -0.1) is 0 Å². The van der Waals surface area contributed by atoms with Crippen LogP contribution in [0.25, 0.3) is 0 Å². The zero-order chi connectivity index (χ0) is 17.0. The summed E-state index contributed by atoms with van der Waals surface area (Å²) in [5.41, 5.74) is 7.12. The summed E-state index contributed by atoms with van der Waals surface area (Å²) in [6, 6.07) is 8.44. The van der Waals surface area contributed by atoms with E-state index in [0.717, 1.165) is 17.7 Å². The molecule has 1 saturated carbocycles. The van der Waals surface area contributed by atoms with Crippen LogP contribution < -0.4 is 15.8 Å². The van der Waals surface area contributed by atoms with Gasteiger partial charge in [0.05, 0.1) is 13.7 Å². The van der Waals surface area contributed by atoms with E-state index < -0.39 is 0 Å². The van der Waals surface area contributed by atoms with Crippen molar-refractivity contribution in [1.82, 2.24) is 5.32 Å². The molecule has 1 aliphatic rings. The first-order valence-corrected chi connectivity index (χ1v) is 9.05. The van der Waals surface area contributed by atoms with Gasteiger partial charge in [-0.25, -0.2) is 0 Å². The number of aliphatic imine (C=N–C) groups is 1. The number of methoxy groups -OCH3 is 1. The Morgan fingerprint density at radius 3 is 2.54 bits per heavy atom. The van der Waals surface area contributed by atoms with Crippen LogP contribution in [-0.4, -0.2) is 32.3 Å². The highest BCUT2D eigenvalue weighted by Gasteiger charge is 2.11. The van der Waals surface area contributed by atoms with Crippen molar-refractivity contribution >= 4 is 5.96 Å². The summed E-state index contributed by atoms with van der Waals surface area (Å²) in [5.74, 6) is 1.45. The lowest BCUT2D eigenvalue weighted by atomic mass is 10.1. The Hall–Kier alpha value is -1.75. The second kappa shape index (κ2) is 10.9. The number of hydrogen-bond donors (Lipinski definition) is 2. The van der Waals surface area contributed by atoms with Crippen molar-refractivity contribution < 1.29 is 9.47 Å². The Morgan fingerprint density at radius 2 is 1.88 bits per heavy atom. The summed E-state index contributed by atoms with van der Waals surface area (Å²) >= 11 is 0. The quantitative estimate of drug-likeness (QED) is 0.332. The van der Waals surface area contributed by atoms with Crippen molar-refractivity contribution in [2.24, 2.45) is 10.7 Å². The lowest BCUT2D eigenvalue weighted by Gasteiger charge is -2.16. The van der Waals surface area contributed by atoms with Gasteiger partial charge < -0.3 is 20.5 Å². The number of nitrogens with two attached hydrogens (primary N) is 1. The van der Waals surface area contributed by atoms with Crippen molar-refractivity contribution in [1.29, 1.82) is 0 Å². The lowest BCUT2D eigenvalue weighted by Crippen LogP contribution is -2.39. The molecule has 1 fully saturated rings. The minimum absolute atomic E-state index is 0.502. The Bertz CT molecular complexity index is 480. The smallest absolute Gasteiger partial charge is 0.188 e. The fraction of sp³-hybridized carbons (Fsp3) is 0.632. The zero-order valence-corrected chi connectivity index (χ0v) is 14.8. The molecule has 0 aliphatic heterocycles. The van der Waals surface area contributed by atoms with Gasteiger partial charge in [-0.1, -0.05) is 37.8 Å². The van der Waals surface area contributed by atoms with Gasteiger partial charge in [0, 0.05) is 19.2 Å². The first-order chi connectivity index (χ1) is 11.8. The fourth-order valence-electron chi connectivity index (χ4n) is 2.96. The molecule has 0 heterocycles. The molecule has 1 aromatic rings. The predicted molar refractivity (Wildman–Crippen MR) is 98.4 cm³/mol. The molecule has 1 aliphatic carbocycles. The van der Waals surface area contributed by atoms with Crippen molar-refractivity contribution in [2.75, 3.05) is 20.3 Å². The molecule has 1 aromatic carbocycles. The average molecular weight is 333 g/mol. The molecule has 0 radical (unpaired) electrons. The highest BCUT2D eigenvalue weighted by atomic mass is 16.5. The highest BCUT2D eigenvalue weighted by Crippen LogP contribution is 2.17. The summed E-state index contributed by atoms with van der Waals surface area (Å²) < 4.78 is 10.8. The van der Waals surface area contributed by atoms with Crippen LogP contribution in [0.3, 0.4) is 0 Å².